The van der Waals surface area contributed by atoms with Gasteiger partial charge in [0.1, 0.15) is 5.82 Å². The van der Waals surface area contributed by atoms with E-state index in [4.69, 9.17) is 0 Å². The number of benzene rings is 1. The largest absolute Gasteiger partial charge is 0.319 e. The second kappa shape index (κ2) is 5.61. The highest BCUT2D eigenvalue weighted by Crippen LogP contribution is 2.27. The van der Waals surface area contributed by atoms with Crippen molar-refractivity contribution in [2.75, 3.05) is 26.7 Å². The molecule has 1 aliphatic rings. The molecule has 1 fully saturated rings. The Kier molecular flexibility index (Phi) is 4.13. The van der Waals surface area contributed by atoms with Crippen LogP contribution in [-0.4, -0.2) is 31.6 Å². The van der Waals surface area contributed by atoms with E-state index in [9.17, 15) is 4.39 Å². The molecule has 2 atom stereocenters. The molecule has 1 aliphatic heterocycles. The van der Waals surface area contributed by atoms with Crippen LogP contribution in [0.2, 0.25) is 0 Å². The number of nitrogens with one attached hydrogen (secondary N) is 1. The predicted molar refractivity (Wildman–Crippen MR) is 68.4 cm³/mol. The zero-order valence-electron chi connectivity index (χ0n) is 10.6. The maximum atomic E-state index is 13.2. The maximum absolute atomic E-state index is 13.2. The molecule has 94 valence electrons. The fourth-order valence-corrected chi connectivity index (χ4v) is 2.65. The molecule has 1 N–H and O–H groups in total. The number of rotatable bonds is 4. The lowest BCUT2D eigenvalue weighted by Crippen LogP contribution is -2.27. The van der Waals surface area contributed by atoms with Crippen LogP contribution >= 0.6 is 0 Å². The first-order chi connectivity index (χ1) is 8.20. The standard InChI is InChI=1S/C14H21FN2/c1-11(13-4-3-5-14(15)8-13)17-7-6-12(10-17)9-16-2/h3-5,8,11-12,16H,6-7,9-10H2,1-2H3. The van der Waals surface area contributed by atoms with Crippen molar-refractivity contribution in [1.29, 1.82) is 0 Å². The van der Waals surface area contributed by atoms with Crippen molar-refractivity contribution in [3.63, 3.8) is 0 Å². The Balaban J connectivity index is 1.99. The van der Waals surface area contributed by atoms with E-state index in [-0.39, 0.29) is 5.82 Å². The second-order valence-corrected chi connectivity index (χ2v) is 4.94. The van der Waals surface area contributed by atoms with Crippen molar-refractivity contribution >= 4 is 0 Å². The van der Waals surface area contributed by atoms with Crippen molar-refractivity contribution in [2.24, 2.45) is 5.92 Å². The summed E-state index contributed by atoms with van der Waals surface area (Å²) in [6.45, 7) is 5.46. The van der Waals surface area contributed by atoms with Gasteiger partial charge in [-0.25, -0.2) is 4.39 Å². The number of halogens is 1. The summed E-state index contributed by atoms with van der Waals surface area (Å²) in [5.74, 6) is 0.594. The number of nitrogens with zero attached hydrogens (tertiary/aromatic N) is 1. The highest BCUT2D eigenvalue weighted by atomic mass is 19.1. The molecule has 0 aromatic heterocycles. The van der Waals surface area contributed by atoms with Gasteiger partial charge in [-0.3, -0.25) is 4.90 Å². The van der Waals surface area contributed by atoms with Crippen LogP contribution in [0.15, 0.2) is 24.3 Å². The topological polar surface area (TPSA) is 15.3 Å². The van der Waals surface area contributed by atoms with Crippen LogP contribution in [0.25, 0.3) is 0 Å². The molecule has 1 aromatic rings. The average Bonchev–Trinajstić information content (AvgIpc) is 2.77. The van der Waals surface area contributed by atoms with E-state index in [1.54, 1.807) is 12.1 Å². The Hall–Kier alpha value is -0.930. The van der Waals surface area contributed by atoms with Crippen molar-refractivity contribution in [1.82, 2.24) is 10.2 Å². The average molecular weight is 236 g/mol. The number of hydrogen-bond acceptors (Lipinski definition) is 2. The molecule has 1 saturated heterocycles. The molecular weight excluding hydrogens is 215 g/mol. The third kappa shape index (κ3) is 3.05. The van der Waals surface area contributed by atoms with Gasteiger partial charge in [0.2, 0.25) is 0 Å². The van der Waals surface area contributed by atoms with Gasteiger partial charge in [0.05, 0.1) is 0 Å². The van der Waals surface area contributed by atoms with Gasteiger partial charge >= 0.3 is 0 Å². The third-order valence-corrected chi connectivity index (χ3v) is 3.69. The van der Waals surface area contributed by atoms with Gasteiger partial charge in [0, 0.05) is 12.6 Å². The zero-order valence-corrected chi connectivity index (χ0v) is 10.6. The Labute approximate surface area is 103 Å². The quantitative estimate of drug-likeness (QED) is 0.863. The highest BCUT2D eigenvalue weighted by Gasteiger charge is 2.26. The molecule has 0 spiro atoms. The summed E-state index contributed by atoms with van der Waals surface area (Å²) in [6.07, 6.45) is 1.24. The summed E-state index contributed by atoms with van der Waals surface area (Å²) in [6, 6.07) is 7.27. The molecule has 17 heavy (non-hydrogen) atoms. The van der Waals surface area contributed by atoms with Crippen molar-refractivity contribution in [3.05, 3.63) is 35.6 Å². The number of hydrogen-bond donors (Lipinski definition) is 1. The van der Waals surface area contributed by atoms with Gasteiger partial charge in [-0.05, 0) is 57.1 Å². The molecular formula is C14H21FN2. The molecule has 3 heteroatoms. The van der Waals surface area contributed by atoms with Gasteiger partial charge in [-0.15, -0.1) is 0 Å². The van der Waals surface area contributed by atoms with Crippen molar-refractivity contribution < 1.29 is 4.39 Å². The molecule has 1 heterocycles. The Morgan fingerprint density at radius 2 is 2.35 bits per heavy atom. The fraction of sp³-hybridized carbons (Fsp3) is 0.571. The molecule has 0 aliphatic carbocycles. The van der Waals surface area contributed by atoms with E-state index in [1.165, 1.54) is 12.5 Å². The minimum Gasteiger partial charge on any atom is -0.319 e. The van der Waals surface area contributed by atoms with Gasteiger partial charge < -0.3 is 5.32 Å². The first kappa shape index (κ1) is 12.5. The molecule has 0 amide bonds. The summed E-state index contributed by atoms with van der Waals surface area (Å²) in [4.78, 5) is 2.44. The van der Waals surface area contributed by atoms with Crippen LogP contribution in [-0.2, 0) is 0 Å². The normalized spacial score (nSPS) is 22.9. The molecule has 0 saturated carbocycles. The van der Waals surface area contributed by atoms with E-state index < -0.39 is 0 Å². The van der Waals surface area contributed by atoms with Crippen molar-refractivity contribution in [3.8, 4) is 0 Å². The molecule has 0 radical (unpaired) electrons. The van der Waals surface area contributed by atoms with Crippen molar-refractivity contribution in [2.45, 2.75) is 19.4 Å². The van der Waals surface area contributed by atoms with Gasteiger partial charge in [0.25, 0.3) is 0 Å². The molecule has 0 bridgehead atoms. The summed E-state index contributed by atoms with van der Waals surface area (Å²) in [7, 11) is 2.00. The van der Waals surface area contributed by atoms with Crippen LogP contribution < -0.4 is 5.32 Å². The monoisotopic (exact) mass is 236 g/mol. The third-order valence-electron chi connectivity index (χ3n) is 3.69. The lowest BCUT2D eigenvalue weighted by molar-refractivity contribution is 0.252. The van der Waals surface area contributed by atoms with E-state index >= 15 is 0 Å². The summed E-state index contributed by atoms with van der Waals surface area (Å²) in [5.41, 5.74) is 1.08. The summed E-state index contributed by atoms with van der Waals surface area (Å²) in [5, 5.41) is 3.23. The maximum Gasteiger partial charge on any atom is 0.123 e. The van der Waals surface area contributed by atoms with Crippen LogP contribution in [0.1, 0.15) is 24.9 Å². The summed E-state index contributed by atoms with van der Waals surface area (Å²) >= 11 is 0. The molecule has 1 aromatic carbocycles. The van der Waals surface area contributed by atoms with Crippen LogP contribution in [0.5, 0.6) is 0 Å². The van der Waals surface area contributed by atoms with E-state index in [2.05, 4.69) is 17.1 Å². The molecule has 2 unspecified atom stereocenters. The van der Waals surface area contributed by atoms with Crippen LogP contribution in [0, 0.1) is 11.7 Å². The van der Waals surface area contributed by atoms with Crippen LogP contribution in [0.3, 0.4) is 0 Å². The Bertz CT molecular complexity index is 367. The predicted octanol–water partition coefficient (Wildman–Crippen LogP) is 2.43. The first-order valence-electron chi connectivity index (χ1n) is 6.35. The molecule has 2 rings (SSSR count). The molecule has 2 nitrogen and oxygen atoms in total. The summed E-state index contributed by atoms with van der Waals surface area (Å²) < 4.78 is 13.2. The zero-order chi connectivity index (χ0) is 12.3. The number of likely N-dealkylation sites (tertiary alicyclic amines) is 1. The lowest BCUT2D eigenvalue weighted by atomic mass is 10.1. The minimum absolute atomic E-state index is 0.139. The van der Waals surface area contributed by atoms with E-state index in [0.29, 0.717) is 6.04 Å². The van der Waals surface area contributed by atoms with Gasteiger partial charge in [-0.1, -0.05) is 12.1 Å². The smallest absolute Gasteiger partial charge is 0.123 e. The van der Waals surface area contributed by atoms with Crippen LogP contribution in [0.4, 0.5) is 4.39 Å². The van der Waals surface area contributed by atoms with E-state index in [1.807, 2.05) is 13.1 Å². The lowest BCUT2D eigenvalue weighted by Gasteiger charge is -2.24. The highest BCUT2D eigenvalue weighted by molar-refractivity contribution is 5.20. The Morgan fingerprint density at radius 1 is 1.53 bits per heavy atom. The Morgan fingerprint density at radius 3 is 3.06 bits per heavy atom. The van der Waals surface area contributed by atoms with E-state index in [0.717, 1.165) is 31.1 Å². The van der Waals surface area contributed by atoms with Gasteiger partial charge in [-0.2, -0.15) is 0 Å². The fourth-order valence-electron chi connectivity index (χ4n) is 2.65. The minimum atomic E-state index is -0.139. The SMILES string of the molecule is CNCC1CCN(C(C)c2cccc(F)c2)C1. The first-order valence-corrected chi connectivity index (χ1v) is 6.35. The second-order valence-electron chi connectivity index (χ2n) is 4.94. The van der Waals surface area contributed by atoms with Gasteiger partial charge in [0.15, 0.2) is 0 Å².